The molecule has 0 saturated heterocycles. The summed E-state index contributed by atoms with van der Waals surface area (Å²) < 4.78 is 6.70. The number of benzene rings is 2. The number of aromatic nitrogens is 3. The van der Waals surface area contributed by atoms with Gasteiger partial charge in [0.2, 0.25) is 5.88 Å². The molecule has 0 radical (unpaired) electrons. The van der Waals surface area contributed by atoms with Gasteiger partial charge in [0.05, 0.1) is 16.6 Å². The molecule has 2 aromatic carbocycles. The predicted octanol–water partition coefficient (Wildman–Crippen LogP) is 5.16. The minimum Gasteiger partial charge on any atom is -0.338 e. The van der Waals surface area contributed by atoms with E-state index in [0.29, 0.717) is 38.4 Å². The van der Waals surface area contributed by atoms with Gasteiger partial charge in [-0.2, -0.15) is 0 Å². The average molecular weight is 398 g/mol. The van der Waals surface area contributed by atoms with Crippen LogP contribution in [0.2, 0.25) is 10.0 Å². The fourth-order valence-corrected chi connectivity index (χ4v) is 2.99. The Morgan fingerprint density at radius 3 is 2.44 bits per heavy atom. The first-order valence-electron chi connectivity index (χ1n) is 8.11. The summed E-state index contributed by atoms with van der Waals surface area (Å²) in [4.78, 5) is 17.7. The van der Waals surface area contributed by atoms with Crippen molar-refractivity contribution >= 4 is 46.3 Å². The Morgan fingerprint density at radius 2 is 1.74 bits per heavy atom. The minimum atomic E-state index is -0.261. The number of rotatable bonds is 3. The summed E-state index contributed by atoms with van der Waals surface area (Å²) in [6, 6.07) is 14.0. The van der Waals surface area contributed by atoms with Crippen molar-refractivity contribution < 1.29 is 4.52 Å². The largest absolute Gasteiger partial charge is 0.338 e. The average Bonchev–Trinajstić information content (AvgIpc) is 3.07. The van der Waals surface area contributed by atoms with E-state index < -0.39 is 0 Å². The predicted molar refractivity (Wildman–Crippen MR) is 108 cm³/mol. The lowest BCUT2D eigenvalue weighted by atomic mass is 10.2. The van der Waals surface area contributed by atoms with Crippen LogP contribution in [0, 0.1) is 6.92 Å². The number of hydrogen-bond acceptors (Lipinski definition) is 4. The van der Waals surface area contributed by atoms with Crippen molar-refractivity contribution in [2.45, 2.75) is 6.92 Å². The lowest BCUT2D eigenvalue weighted by Gasteiger charge is -2.08. The smallest absolute Gasteiger partial charge is 0.268 e. The Hall–Kier alpha value is -2.89. The van der Waals surface area contributed by atoms with E-state index in [2.05, 4.69) is 10.1 Å². The van der Waals surface area contributed by atoms with Gasteiger partial charge >= 0.3 is 0 Å². The Kier molecular flexibility index (Phi) is 4.56. The number of fused-ring (bicyclic) bond motifs is 1. The van der Waals surface area contributed by atoms with Gasteiger partial charge in [0.15, 0.2) is 0 Å². The van der Waals surface area contributed by atoms with E-state index in [4.69, 9.17) is 27.7 Å². The van der Waals surface area contributed by atoms with Gasteiger partial charge in [0.25, 0.3) is 5.56 Å². The third-order valence-corrected chi connectivity index (χ3v) is 4.48. The molecule has 0 saturated carbocycles. The van der Waals surface area contributed by atoms with Gasteiger partial charge in [-0.25, -0.2) is 9.55 Å². The molecule has 0 bridgehead atoms. The summed E-state index contributed by atoms with van der Waals surface area (Å²) in [7, 11) is 0. The maximum absolute atomic E-state index is 13.1. The van der Waals surface area contributed by atoms with E-state index in [9.17, 15) is 4.79 Å². The van der Waals surface area contributed by atoms with Crippen molar-refractivity contribution in [3.05, 3.63) is 86.0 Å². The van der Waals surface area contributed by atoms with Crippen molar-refractivity contribution in [1.29, 1.82) is 0 Å². The molecule has 0 aliphatic rings. The molecule has 0 fully saturated rings. The van der Waals surface area contributed by atoms with Crippen LogP contribution >= 0.6 is 23.2 Å². The molecule has 0 atom stereocenters. The second-order valence-electron chi connectivity index (χ2n) is 5.96. The molecule has 7 heteroatoms. The van der Waals surface area contributed by atoms with E-state index in [-0.39, 0.29) is 5.56 Å². The van der Waals surface area contributed by atoms with Gasteiger partial charge in [0, 0.05) is 16.1 Å². The highest BCUT2D eigenvalue weighted by Crippen LogP contribution is 2.19. The maximum atomic E-state index is 13.1. The second kappa shape index (κ2) is 7.02. The summed E-state index contributed by atoms with van der Waals surface area (Å²) in [6.45, 7) is 1.79. The highest BCUT2D eigenvalue weighted by Gasteiger charge is 2.14. The first-order chi connectivity index (χ1) is 13.0. The topological polar surface area (TPSA) is 60.9 Å². The SMILES string of the molecule is Cc1cc(-n2c(/C=C/c3ccc(Cl)cc3)nc3cc(Cl)ccc3c2=O)on1. The summed E-state index contributed by atoms with van der Waals surface area (Å²) >= 11 is 12.0. The van der Waals surface area contributed by atoms with E-state index in [1.54, 1.807) is 49.4 Å². The highest BCUT2D eigenvalue weighted by molar-refractivity contribution is 6.31. The fourth-order valence-electron chi connectivity index (χ4n) is 2.70. The Balaban J connectivity index is 1.93. The zero-order chi connectivity index (χ0) is 19.0. The normalized spacial score (nSPS) is 11.5. The van der Waals surface area contributed by atoms with Crippen LogP contribution in [-0.2, 0) is 0 Å². The van der Waals surface area contributed by atoms with Crippen molar-refractivity contribution in [2.75, 3.05) is 0 Å². The maximum Gasteiger partial charge on any atom is 0.268 e. The van der Waals surface area contributed by atoms with Gasteiger partial charge < -0.3 is 4.52 Å². The van der Waals surface area contributed by atoms with Crippen molar-refractivity contribution in [3.8, 4) is 5.88 Å². The molecule has 4 rings (SSSR count). The summed E-state index contributed by atoms with van der Waals surface area (Å²) in [6.07, 6.45) is 3.58. The standard InChI is InChI=1S/C20H13Cl2N3O2/c1-12-10-19(27-24-12)25-18(9-4-13-2-5-14(21)6-3-13)23-17-11-15(22)7-8-16(17)20(25)26/h2-11H,1H3/b9-4+. The molecule has 2 heterocycles. The number of aryl methyl sites for hydroxylation is 1. The van der Waals surface area contributed by atoms with Crippen LogP contribution in [0.5, 0.6) is 0 Å². The molecular formula is C20H13Cl2N3O2. The Labute approximate surface area is 164 Å². The van der Waals surface area contributed by atoms with Gasteiger partial charge in [-0.15, -0.1) is 0 Å². The first kappa shape index (κ1) is 17.5. The quantitative estimate of drug-likeness (QED) is 0.478. The van der Waals surface area contributed by atoms with Gasteiger partial charge in [-0.1, -0.05) is 46.6 Å². The van der Waals surface area contributed by atoms with Crippen molar-refractivity contribution in [3.63, 3.8) is 0 Å². The van der Waals surface area contributed by atoms with Crippen LogP contribution in [0.25, 0.3) is 28.9 Å². The van der Waals surface area contributed by atoms with E-state index in [1.807, 2.05) is 18.2 Å². The summed E-state index contributed by atoms with van der Waals surface area (Å²) in [5.74, 6) is 0.707. The zero-order valence-corrected chi connectivity index (χ0v) is 15.7. The fraction of sp³-hybridized carbons (Fsp3) is 0.0500. The monoisotopic (exact) mass is 397 g/mol. The van der Waals surface area contributed by atoms with Crippen LogP contribution in [0.3, 0.4) is 0 Å². The molecule has 0 N–H and O–H groups in total. The molecule has 0 amide bonds. The van der Waals surface area contributed by atoms with Crippen LogP contribution in [0.4, 0.5) is 0 Å². The molecular weight excluding hydrogens is 385 g/mol. The van der Waals surface area contributed by atoms with E-state index in [0.717, 1.165) is 5.56 Å². The molecule has 5 nitrogen and oxygen atoms in total. The second-order valence-corrected chi connectivity index (χ2v) is 6.84. The van der Waals surface area contributed by atoms with E-state index >= 15 is 0 Å². The van der Waals surface area contributed by atoms with Gasteiger partial charge in [-0.05, 0) is 48.9 Å². The molecule has 0 spiro atoms. The Bertz CT molecular complexity index is 1220. The van der Waals surface area contributed by atoms with Crippen LogP contribution in [0.15, 0.2) is 57.8 Å². The van der Waals surface area contributed by atoms with Crippen molar-refractivity contribution in [1.82, 2.24) is 14.7 Å². The molecule has 27 heavy (non-hydrogen) atoms. The number of hydrogen-bond donors (Lipinski definition) is 0. The third-order valence-electron chi connectivity index (χ3n) is 3.99. The molecule has 2 aromatic heterocycles. The minimum absolute atomic E-state index is 0.261. The Morgan fingerprint density at radius 1 is 1.00 bits per heavy atom. The zero-order valence-electron chi connectivity index (χ0n) is 14.2. The van der Waals surface area contributed by atoms with Crippen molar-refractivity contribution in [2.24, 2.45) is 0 Å². The lowest BCUT2D eigenvalue weighted by molar-refractivity contribution is 0.398. The molecule has 0 unspecified atom stereocenters. The number of nitrogens with zero attached hydrogens (tertiary/aromatic N) is 3. The van der Waals surface area contributed by atoms with E-state index in [1.165, 1.54) is 4.57 Å². The summed E-state index contributed by atoms with van der Waals surface area (Å²) in [5.41, 5.74) is 1.83. The molecule has 0 aliphatic heterocycles. The van der Waals surface area contributed by atoms with Gasteiger partial charge in [0.1, 0.15) is 5.82 Å². The summed E-state index contributed by atoms with van der Waals surface area (Å²) in [5, 5.41) is 5.48. The molecule has 134 valence electrons. The highest BCUT2D eigenvalue weighted by atomic mass is 35.5. The van der Waals surface area contributed by atoms with Gasteiger partial charge in [-0.3, -0.25) is 4.79 Å². The first-order valence-corrected chi connectivity index (χ1v) is 8.86. The number of halogens is 2. The molecule has 4 aromatic rings. The molecule has 0 aliphatic carbocycles. The third kappa shape index (κ3) is 3.52. The van der Waals surface area contributed by atoms with Crippen LogP contribution in [-0.4, -0.2) is 14.7 Å². The lowest BCUT2D eigenvalue weighted by Crippen LogP contribution is -2.22. The van der Waals surface area contributed by atoms with Crippen LogP contribution in [0.1, 0.15) is 17.1 Å². The van der Waals surface area contributed by atoms with Crippen LogP contribution < -0.4 is 5.56 Å².